The molecule has 1 aromatic rings. The topological polar surface area (TPSA) is 75.7 Å². The van der Waals surface area contributed by atoms with E-state index in [1.807, 2.05) is 0 Å². The van der Waals surface area contributed by atoms with Gasteiger partial charge in [-0.25, -0.2) is 8.42 Å². The highest BCUT2D eigenvalue weighted by Crippen LogP contribution is 2.30. The zero-order chi connectivity index (χ0) is 13.3. The molecule has 0 saturated heterocycles. The quantitative estimate of drug-likeness (QED) is 0.867. The maximum Gasteiger partial charge on any atom is 0.257 e. The van der Waals surface area contributed by atoms with Crippen LogP contribution in [0.3, 0.4) is 0 Å². The summed E-state index contributed by atoms with van der Waals surface area (Å²) in [5.41, 5.74) is 2.07. The third-order valence-corrected chi connectivity index (χ3v) is 3.80. The molecule has 0 unspecified atom stereocenters. The second-order valence-electron chi connectivity index (χ2n) is 4.10. The van der Waals surface area contributed by atoms with Crippen LogP contribution in [0.4, 0.5) is 11.4 Å². The molecular formula is C11H14N2O4S. The third kappa shape index (κ3) is 2.46. The van der Waals surface area contributed by atoms with Crippen LogP contribution in [0, 0.1) is 0 Å². The van der Waals surface area contributed by atoms with Crippen molar-refractivity contribution in [2.24, 2.45) is 0 Å². The van der Waals surface area contributed by atoms with Gasteiger partial charge in [-0.1, -0.05) is 0 Å². The normalized spacial score (nSPS) is 14.8. The molecule has 0 aromatic heterocycles. The van der Waals surface area contributed by atoms with E-state index in [1.54, 1.807) is 30.1 Å². The number of ether oxygens (including phenoxy) is 1. The summed E-state index contributed by atoms with van der Waals surface area (Å²) in [4.78, 5) is 13.1. The smallest absolute Gasteiger partial charge is 0.257 e. The number of hydrogen-bond acceptors (Lipinski definition) is 4. The second-order valence-corrected chi connectivity index (χ2v) is 5.77. The fourth-order valence-corrected chi connectivity index (χ4v) is 2.75. The van der Waals surface area contributed by atoms with Gasteiger partial charge >= 0.3 is 0 Å². The van der Waals surface area contributed by atoms with Crippen LogP contribution in [0.25, 0.3) is 0 Å². The van der Waals surface area contributed by atoms with Gasteiger partial charge in [0, 0.05) is 25.5 Å². The summed E-state index contributed by atoms with van der Waals surface area (Å²) in [5, 5.41) is 0. The molecule has 0 aliphatic carbocycles. The second kappa shape index (κ2) is 4.58. The molecule has 18 heavy (non-hydrogen) atoms. The van der Waals surface area contributed by atoms with Gasteiger partial charge in [0.05, 0.1) is 6.42 Å². The van der Waals surface area contributed by atoms with Gasteiger partial charge in [-0.3, -0.25) is 9.52 Å². The molecule has 1 aliphatic rings. The van der Waals surface area contributed by atoms with E-state index in [1.165, 1.54) is 7.11 Å². The van der Waals surface area contributed by atoms with Crippen molar-refractivity contribution in [3.05, 3.63) is 23.8 Å². The first-order chi connectivity index (χ1) is 8.43. The molecule has 1 aromatic carbocycles. The molecule has 0 spiro atoms. The minimum absolute atomic E-state index is 0.00176. The number of methoxy groups -OCH3 is 1. The molecule has 1 heterocycles. The predicted molar refractivity (Wildman–Crippen MR) is 68.0 cm³/mol. The van der Waals surface area contributed by atoms with Crippen molar-refractivity contribution in [2.75, 3.05) is 29.7 Å². The number of carbonyl (C=O) groups is 1. The Hall–Kier alpha value is -1.60. The van der Waals surface area contributed by atoms with E-state index >= 15 is 0 Å². The van der Waals surface area contributed by atoms with Crippen LogP contribution in [0.1, 0.15) is 5.56 Å². The first kappa shape index (κ1) is 12.8. The lowest BCUT2D eigenvalue weighted by Gasteiger charge is -2.11. The molecule has 1 N–H and O–H groups in total. The molecule has 0 fully saturated rings. The van der Waals surface area contributed by atoms with E-state index in [-0.39, 0.29) is 5.91 Å². The van der Waals surface area contributed by atoms with Crippen molar-refractivity contribution in [1.82, 2.24) is 0 Å². The van der Waals surface area contributed by atoms with Crippen LogP contribution in [0.2, 0.25) is 0 Å². The fraction of sp³-hybridized carbons (Fsp3) is 0.364. The number of sulfonamides is 1. The molecule has 7 heteroatoms. The van der Waals surface area contributed by atoms with E-state index in [4.69, 9.17) is 0 Å². The number of nitrogens with one attached hydrogen (secondary N) is 1. The summed E-state index contributed by atoms with van der Waals surface area (Å²) in [6.07, 6.45) is 0.297. The van der Waals surface area contributed by atoms with E-state index < -0.39 is 16.0 Å². The number of fused-ring (bicyclic) bond motifs is 1. The van der Waals surface area contributed by atoms with Gasteiger partial charge in [0.2, 0.25) is 5.91 Å². The number of carbonyl (C=O) groups excluding carboxylic acids is 1. The van der Waals surface area contributed by atoms with Crippen LogP contribution in [0.15, 0.2) is 18.2 Å². The largest absolute Gasteiger partial charge is 0.367 e. The van der Waals surface area contributed by atoms with Crippen molar-refractivity contribution in [3.8, 4) is 0 Å². The first-order valence-electron chi connectivity index (χ1n) is 5.32. The van der Waals surface area contributed by atoms with E-state index in [9.17, 15) is 13.2 Å². The van der Waals surface area contributed by atoms with Crippen LogP contribution >= 0.6 is 0 Å². The van der Waals surface area contributed by atoms with Crippen molar-refractivity contribution in [1.29, 1.82) is 0 Å². The third-order valence-electron chi connectivity index (χ3n) is 2.70. The number of rotatable bonds is 4. The highest BCUT2D eigenvalue weighted by atomic mass is 32.2. The van der Waals surface area contributed by atoms with Gasteiger partial charge in [-0.15, -0.1) is 0 Å². The van der Waals surface area contributed by atoms with Crippen LogP contribution in [-0.4, -0.2) is 34.4 Å². The lowest BCUT2D eigenvalue weighted by atomic mass is 10.1. The lowest BCUT2D eigenvalue weighted by Crippen LogP contribution is -2.20. The summed E-state index contributed by atoms with van der Waals surface area (Å²) in [7, 11) is -0.488. The lowest BCUT2D eigenvalue weighted by molar-refractivity contribution is -0.117. The fourth-order valence-electron chi connectivity index (χ4n) is 1.90. The van der Waals surface area contributed by atoms with Crippen LogP contribution in [-0.2, 0) is 26.0 Å². The minimum atomic E-state index is -3.50. The Morgan fingerprint density at radius 3 is 2.83 bits per heavy atom. The molecule has 0 saturated carbocycles. The summed E-state index contributed by atoms with van der Waals surface area (Å²) in [6.45, 7) is 0. The maximum absolute atomic E-state index is 11.5. The van der Waals surface area contributed by atoms with Crippen LogP contribution in [0.5, 0.6) is 0 Å². The molecule has 2 rings (SSSR count). The zero-order valence-corrected chi connectivity index (χ0v) is 11.0. The number of benzene rings is 1. The van der Waals surface area contributed by atoms with Crippen molar-refractivity contribution in [2.45, 2.75) is 6.42 Å². The Morgan fingerprint density at radius 1 is 1.44 bits per heavy atom. The molecule has 98 valence electrons. The van der Waals surface area contributed by atoms with Crippen molar-refractivity contribution < 1.29 is 17.9 Å². The van der Waals surface area contributed by atoms with Gasteiger partial charge in [-0.2, -0.15) is 0 Å². The van der Waals surface area contributed by atoms with E-state index in [0.717, 1.165) is 11.3 Å². The Bertz CT molecular complexity index is 583. The predicted octanol–water partition coefficient (Wildman–Crippen LogP) is 0.551. The van der Waals surface area contributed by atoms with Gasteiger partial charge in [0.1, 0.15) is 0 Å². The molecular weight excluding hydrogens is 256 g/mol. The Balaban J connectivity index is 2.24. The van der Waals surface area contributed by atoms with Crippen LogP contribution < -0.4 is 9.62 Å². The number of likely N-dealkylation sites (N-methyl/N-ethyl adjacent to an activating group) is 1. The summed E-state index contributed by atoms with van der Waals surface area (Å²) in [6, 6.07) is 5.02. The molecule has 0 atom stereocenters. The average Bonchev–Trinajstić information content (AvgIpc) is 2.53. The molecule has 0 bridgehead atoms. The molecule has 1 amide bonds. The monoisotopic (exact) mass is 270 g/mol. The maximum atomic E-state index is 11.5. The number of amides is 1. The number of hydrogen-bond donors (Lipinski definition) is 1. The summed E-state index contributed by atoms with van der Waals surface area (Å²) >= 11 is 0. The van der Waals surface area contributed by atoms with Crippen molar-refractivity contribution in [3.63, 3.8) is 0 Å². The standard InChI is InChI=1S/C11H14N2O4S/c1-13-10-4-3-9(5-8(10)6-11(13)14)12-18(15,16)7-17-2/h3-5,12H,6-7H2,1-2H3. The average molecular weight is 270 g/mol. The zero-order valence-electron chi connectivity index (χ0n) is 10.1. The van der Waals surface area contributed by atoms with E-state index in [2.05, 4.69) is 9.46 Å². The Kier molecular flexibility index (Phi) is 3.27. The van der Waals surface area contributed by atoms with E-state index in [0.29, 0.717) is 12.1 Å². The number of nitrogens with zero attached hydrogens (tertiary/aromatic N) is 1. The Morgan fingerprint density at radius 2 is 2.17 bits per heavy atom. The van der Waals surface area contributed by atoms with Crippen molar-refractivity contribution >= 4 is 27.3 Å². The summed E-state index contributed by atoms with van der Waals surface area (Å²) < 4.78 is 30.0. The highest BCUT2D eigenvalue weighted by molar-refractivity contribution is 7.92. The van der Waals surface area contributed by atoms with Gasteiger partial charge < -0.3 is 9.64 Å². The van der Waals surface area contributed by atoms with Gasteiger partial charge in [0.15, 0.2) is 5.94 Å². The highest BCUT2D eigenvalue weighted by Gasteiger charge is 2.24. The SMILES string of the molecule is COCS(=O)(=O)Nc1ccc2c(c1)CC(=O)N2C. The summed E-state index contributed by atoms with van der Waals surface area (Å²) in [5.74, 6) is -0.398. The van der Waals surface area contributed by atoms with Gasteiger partial charge in [0.25, 0.3) is 10.0 Å². The Labute approximate surface area is 106 Å². The molecule has 0 radical (unpaired) electrons. The first-order valence-corrected chi connectivity index (χ1v) is 6.97. The minimum Gasteiger partial charge on any atom is -0.367 e. The molecule has 1 aliphatic heterocycles. The molecule has 6 nitrogen and oxygen atoms in total. The number of anilines is 2. The van der Waals surface area contributed by atoms with Gasteiger partial charge in [-0.05, 0) is 23.8 Å².